The van der Waals surface area contributed by atoms with Crippen LogP contribution in [0.4, 0.5) is 10.1 Å². The molecule has 0 radical (unpaired) electrons. The fraction of sp³-hybridized carbons (Fsp3) is 0.647. The SMILES string of the molecule is CCNC(CN(CC)c1cccc(F)c1)C1CCCC1. The summed E-state index contributed by atoms with van der Waals surface area (Å²) in [5.74, 6) is 0.624. The van der Waals surface area contributed by atoms with Gasteiger partial charge in [-0.25, -0.2) is 4.39 Å². The van der Waals surface area contributed by atoms with Crippen LogP contribution in [0.1, 0.15) is 39.5 Å². The molecule has 0 aliphatic heterocycles. The van der Waals surface area contributed by atoms with Crippen molar-refractivity contribution in [2.75, 3.05) is 24.5 Å². The van der Waals surface area contributed by atoms with E-state index in [1.165, 1.54) is 31.7 Å². The first-order chi connectivity index (χ1) is 9.74. The molecular formula is C17H27FN2. The zero-order valence-electron chi connectivity index (χ0n) is 12.7. The molecule has 0 spiro atoms. The van der Waals surface area contributed by atoms with Crippen molar-refractivity contribution in [2.24, 2.45) is 5.92 Å². The normalized spacial score (nSPS) is 17.4. The smallest absolute Gasteiger partial charge is 0.125 e. The molecule has 1 aromatic carbocycles. The zero-order valence-corrected chi connectivity index (χ0v) is 12.7. The van der Waals surface area contributed by atoms with E-state index in [0.29, 0.717) is 6.04 Å². The van der Waals surface area contributed by atoms with E-state index < -0.39 is 0 Å². The molecule has 3 heteroatoms. The number of halogens is 1. The van der Waals surface area contributed by atoms with E-state index in [2.05, 4.69) is 24.1 Å². The molecule has 0 amide bonds. The van der Waals surface area contributed by atoms with Gasteiger partial charge in [-0.2, -0.15) is 0 Å². The van der Waals surface area contributed by atoms with Gasteiger partial charge >= 0.3 is 0 Å². The summed E-state index contributed by atoms with van der Waals surface area (Å²) in [5, 5.41) is 3.64. The number of nitrogens with one attached hydrogen (secondary N) is 1. The Kier molecular flexibility index (Phi) is 5.84. The van der Waals surface area contributed by atoms with Crippen LogP contribution in [0, 0.1) is 11.7 Å². The van der Waals surface area contributed by atoms with Gasteiger partial charge in [-0.05, 0) is 50.4 Å². The zero-order chi connectivity index (χ0) is 14.4. The number of hydrogen-bond donors (Lipinski definition) is 1. The van der Waals surface area contributed by atoms with E-state index in [1.807, 2.05) is 6.07 Å². The molecule has 1 aliphatic carbocycles. The summed E-state index contributed by atoms with van der Waals surface area (Å²) >= 11 is 0. The molecule has 1 fully saturated rings. The van der Waals surface area contributed by atoms with Crippen LogP contribution in [-0.4, -0.2) is 25.7 Å². The fourth-order valence-electron chi connectivity index (χ4n) is 3.33. The van der Waals surface area contributed by atoms with Gasteiger partial charge in [-0.1, -0.05) is 25.8 Å². The topological polar surface area (TPSA) is 15.3 Å². The van der Waals surface area contributed by atoms with E-state index in [9.17, 15) is 4.39 Å². The number of benzene rings is 1. The highest BCUT2D eigenvalue weighted by Crippen LogP contribution is 2.29. The Morgan fingerprint density at radius 1 is 1.30 bits per heavy atom. The van der Waals surface area contributed by atoms with Crippen LogP contribution in [0.2, 0.25) is 0 Å². The molecule has 2 nitrogen and oxygen atoms in total. The molecule has 1 atom stereocenters. The maximum atomic E-state index is 13.4. The minimum absolute atomic E-state index is 0.151. The molecule has 20 heavy (non-hydrogen) atoms. The van der Waals surface area contributed by atoms with Crippen molar-refractivity contribution >= 4 is 5.69 Å². The summed E-state index contributed by atoms with van der Waals surface area (Å²) in [6.45, 7) is 7.20. The van der Waals surface area contributed by atoms with Crippen molar-refractivity contribution in [3.8, 4) is 0 Å². The first kappa shape index (κ1) is 15.3. The maximum absolute atomic E-state index is 13.4. The molecule has 1 unspecified atom stereocenters. The Hall–Kier alpha value is -1.09. The molecule has 112 valence electrons. The summed E-state index contributed by atoms with van der Waals surface area (Å²) in [4.78, 5) is 2.29. The molecular weight excluding hydrogens is 251 g/mol. The van der Waals surface area contributed by atoms with Crippen LogP contribution in [0.3, 0.4) is 0 Å². The number of rotatable bonds is 7. The van der Waals surface area contributed by atoms with Crippen molar-refractivity contribution in [2.45, 2.75) is 45.6 Å². The van der Waals surface area contributed by atoms with Gasteiger partial charge < -0.3 is 10.2 Å². The lowest BCUT2D eigenvalue weighted by Crippen LogP contribution is -2.45. The Morgan fingerprint density at radius 2 is 2.05 bits per heavy atom. The van der Waals surface area contributed by atoms with Crippen molar-refractivity contribution < 1.29 is 4.39 Å². The van der Waals surface area contributed by atoms with E-state index in [-0.39, 0.29) is 5.82 Å². The lowest BCUT2D eigenvalue weighted by atomic mass is 9.97. The van der Waals surface area contributed by atoms with Gasteiger partial charge in [0, 0.05) is 24.8 Å². The largest absolute Gasteiger partial charge is 0.370 e. The van der Waals surface area contributed by atoms with E-state index in [1.54, 1.807) is 12.1 Å². The second kappa shape index (κ2) is 7.63. The number of likely N-dealkylation sites (N-methyl/N-ethyl adjacent to an activating group) is 2. The minimum Gasteiger partial charge on any atom is -0.370 e. The third kappa shape index (κ3) is 3.95. The van der Waals surface area contributed by atoms with Gasteiger partial charge in [-0.15, -0.1) is 0 Å². The second-order valence-electron chi connectivity index (χ2n) is 5.73. The van der Waals surface area contributed by atoms with E-state index in [4.69, 9.17) is 0 Å². The minimum atomic E-state index is -0.151. The molecule has 1 N–H and O–H groups in total. The lowest BCUT2D eigenvalue weighted by Gasteiger charge is -2.32. The van der Waals surface area contributed by atoms with Gasteiger partial charge in [-0.3, -0.25) is 0 Å². The fourth-order valence-corrected chi connectivity index (χ4v) is 3.33. The maximum Gasteiger partial charge on any atom is 0.125 e. The summed E-state index contributed by atoms with van der Waals surface area (Å²) in [6, 6.07) is 7.47. The summed E-state index contributed by atoms with van der Waals surface area (Å²) in [6.07, 6.45) is 5.38. The molecule has 0 bridgehead atoms. The van der Waals surface area contributed by atoms with Crippen LogP contribution in [0.15, 0.2) is 24.3 Å². The lowest BCUT2D eigenvalue weighted by molar-refractivity contribution is 0.364. The molecule has 2 rings (SSSR count). The molecule has 0 saturated heterocycles. The van der Waals surface area contributed by atoms with Gasteiger partial charge in [0.2, 0.25) is 0 Å². The van der Waals surface area contributed by atoms with E-state index in [0.717, 1.165) is 31.2 Å². The van der Waals surface area contributed by atoms with Crippen molar-refractivity contribution in [3.05, 3.63) is 30.1 Å². The summed E-state index contributed by atoms with van der Waals surface area (Å²) in [7, 11) is 0. The van der Waals surface area contributed by atoms with E-state index >= 15 is 0 Å². The monoisotopic (exact) mass is 278 g/mol. The number of hydrogen-bond acceptors (Lipinski definition) is 2. The highest BCUT2D eigenvalue weighted by molar-refractivity contribution is 5.46. The van der Waals surface area contributed by atoms with Gasteiger partial charge in [0.05, 0.1) is 0 Å². The van der Waals surface area contributed by atoms with Crippen LogP contribution < -0.4 is 10.2 Å². The van der Waals surface area contributed by atoms with Crippen LogP contribution in [0.5, 0.6) is 0 Å². The Labute approximate surface area is 122 Å². The highest BCUT2D eigenvalue weighted by Gasteiger charge is 2.25. The third-order valence-corrected chi connectivity index (χ3v) is 4.41. The predicted octanol–water partition coefficient (Wildman–Crippen LogP) is 3.82. The first-order valence-corrected chi connectivity index (χ1v) is 7.98. The van der Waals surface area contributed by atoms with Gasteiger partial charge in [0.15, 0.2) is 0 Å². The molecule has 1 aliphatic rings. The van der Waals surface area contributed by atoms with Crippen molar-refractivity contribution in [1.82, 2.24) is 5.32 Å². The van der Waals surface area contributed by atoms with Crippen molar-refractivity contribution in [3.63, 3.8) is 0 Å². The Balaban J connectivity index is 2.05. The molecule has 0 heterocycles. The molecule has 0 aromatic heterocycles. The quantitative estimate of drug-likeness (QED) is 0.815. The standard InChI is InChI=1S/C17H27FN2/c1-3-19-17(14-8-5-6-9-14)13-20(4-2)16-11-7-10-15(18)12-16/h7,10-12,14,17,19H,3-6,8-9,13H2,1-2H3. The third-order valence-electron chi connectivity index (χ3n) is 4.41. The summed E-state index contributed by atoms with van der Waals surface area (Å²) in [5.41, 5.74) is 0.994. The number of nitrogens with zero attached hydrogens (tertiary/aromatic N) is 1. The first-order valence-electron chi connectivity index (χ1n) is 7.98. The highest BCUT2D eigenvalue weighted by atomic mass is 19.1. The van der Waals surface area contributed by atoms with Crippen LogP contribution in [0.25, 0.3) is 0 Å². The van der Waals surface area contributed by atoms with Crippen LogP contribution >= 0.6 is 0 Å². The Morgan fingerprint density at radius 3 is 2.65 bits per heavy atom. The number of anilines is 1. The molecule has 1 saturated carbocycles. The Bertz CT molecular complexity index is 402. The van der Waals surface area contributed by atoms with Crippen LogP contribution in [-0.2, 0) is 0 Å². The average Bonchev–Trinajstić information content (AvgIpc) is 2.97. The van der Waals surface area contributed by atoms with Gasteiger partial charge in [0.25, 0.3) is 0 Å². The van der Waals surface area contributed by atoms with Crippen molar-refractivity contribution in [1.29, 1.82) is 0 Å². The average molecular weight is 278 g/mol. The predicted molar refractivity (Wildman–Crippen MR) is 83.7 cm³/mol. The summed E-state index contributed by atoms with van der Waals surface area (Å²) < 4.78 is 13.4. The second-order valence-corrected chi connectivity index (χ2v) is 5.73. The molecule has 1 aromatic rings. The van der Waals surface area contributed by atoms with Gasteiger partial charge in [0.1, 0.15) is 5.82 Å².